The predicted molar refractivity (Wildman–Crippen MR) is 69.9 cm³/mol. The van der Waals surface area contributed by atoms with E-state index in [1.807, 2.05) is 22.8 Å². The minimum absolute atomic E-state index is 0.373. The van der Waals surface area contributed by atoms with Crippen LogP contribution in [0.3, 0.4) is 0 Å². The molecule has 1 saturated carbocycles. The lowest BCUT2D eigenvalue weighted by Gasteiger charge is -2.23. The number of fused-ring (bicyclic) bond motifs is 1. The molecule has 0 radical (unpaired) electrons. The van der Waals surface area contributed by atoms with Crippen LogP contribution < -0.4 is 5.73 Å². The zero-order chi connectivity index (χ0) is 11.8. The summed E-state index contributed by atoms with van der Waals surface area (Å²) >= 11 is 3.44. The molecule has 1 aliphatic carbocycles. The summed E-state index contributed by atoms with van der Waals surface area (Å²) in [6.07, 6.45) is 6.34. The smallest absolute Gasteiger partial charge is 0.155 e. The molecular weight excluding hydrogens is 280 g/mol. The number of halogens is 1. The van der Waals surface area contributed by atoms with Crippen molar-refractivity contribution in [2.75, 3.05) is 0 Å². The maximum Gasteiger partial charge on any atom is 0.155 e. The molecule has 0 aliphatic heterocycles. The SMILES string of the molecule is NC1CCC(c2nc3ccc(Br)cn3n2)CC1. The fourth-order valence-corrected chi connectivity index (χ4v) is 2.75. The van der Waals surface area contributed by atoms with Crippen LogP contribution in [0.5, 0.6) is 0 Å². The molecule has 0 unspecified atom stereocenters. The number of hydrogen-bond donors (Lipinski definition) is 1. The quantitative estimate of drug-likeness (QED) is 0.879. The Morgan fingerprint density at radius 3 is 2.76 bits per heavy atom. The topological polar surface area (TPSA) is 56.2 Å². The largest absolute Gasteiger partial charge is 0.328 e. The van der Waals surface area contributed by atoms with E-state index in [2.05, 4.69) is 26.0 Å². The predicted octanol–water partition coefficient (Wildman–Crippen LogP) is 2.48. The molecule has 1 aliphatic rings. The number of hydrogen-bond acceptors (Lipinski definition) is 3. The van der Waals surface area contributed by atoms with E-state index in [9.17, 15) is 0 Å². The van der Waals surface area contributed by atoms with Gasteiger partial charge in [-0.1, -0.05) is 0 Å². The van der Waals surface area contributed by atoms with Crippen LogP contribution in [0.2, 0.25) is 0 Å². The van der Waals surface area contributed by atoms with Crippen molar-refractivity contribution in [3.05, 3.63) is 28.6 Å². The fraction of sp³-hybridized carbons (Fsp3) is 0.500. The molecule has 2 N–H and O–H groups in total. The van der Waals surface area contributed by atoms with Gasteiger partial charge in [-0.2, -0.15) is 5.10 Å². The molecular formula is C12H15BrN4. The molecule has 0 saturated heterocycles. The van der Waals surface area contributed by atoms with Crippen molar-refractivity contribution in [2.24, 2.45) is 5.73 Å². The van der Waals surface area contributed by atoms with Crippen molar-refractivity contribution < 1.29 is 0 Å². The summed E-state index contributed by atoms with van der Waals surface area (Å²) in [5.41, 5.74) is 6.83. The second kappa shape index (κ2) is 4.38. The summed E-state index contributed by atoms with van der Waals surface area (Å²) < 4.78 is 2.86. The molecule has 0 amide bonds. The molecule has 2 aromatic rings. The van der Waals surface area contributed by atoms with Gasteiger partial charge in [0.05, 0.1) is 0 Å². The van der Waals surface area contributed by atoms with Gasteiger partial charge in [0.25, 0.3) is 0 Å². The van der Waals surface area contributed by atoms with Crippen molar-refractivity contribution >= 4 is 21.6 Å². The zero-order valence-corrected chi connectivity index (χ0v) is 11.1. The van der Waals surface area contributed by atoms with Crippen molar-refractivity contribution in [1.82, 2.24) is 14.6 Å². The van der Waals surface area contributed by atoms with Crippen molar-refractivity contribution in [3.63, 3.8) is 0 Å². The van der Waals surface area contributed by atoms with Gasteiger partial charge < -0.3 is 5.73 Å². The average Bonchev–Trinajstić information content (AvgIpc) is 2.72. The highest BCUT2D eigenvalue weighted by Gasteiger charge is 2.23. The van der Waals surface area contributed by atoms with E-state index in [1.165, 1.54) is 0 Å². The van der Waals surface area contributed by atoms with Crippen molar-refractivity contribution in [2.45, 2.75) is 37.6 Å². The van der Waals surface area contributed by atoms with Gasteiger partial charge in [0.15, 0.2) is 11.5 Å². The first-order valence-electron chi connectivity index (χ1n) is 6.00. The lowest BCUT2D eigenvalue weighted by atomic mass is 9.86. The maximum atomic E-state index is 5.92. The second-order valence-electron chi connectivity index (χ2n) is 4.73. The van der Waals surface area contributed by atoms with Crippen molar-refractivity contribution in [1.29, 1.82) is 0 Å². The molecule has 3 rings (SSSR count). The Morgan fingerprint density at radius 1 is 1.24 bits per heavy atom. The first-order chi connectivity index (χ1) is 8.22. The number of aromatic nitrogens is 3. The molecule has 4 nitrogen and oxygen atoms in total. The minimum Gasteiger partial charge on any atom is -0.328 e. The molecule has 5 heteroatoms. The van der Waals surface area contributed by atoms with Gasteiger partial charge in [-0.3, -0.25) is 0 Å². The van der Waals surface area contributed by atoms with Gasteiger partial charge in [-0.25, -0.2) is 9.50 Å². The van der Waals surface area contributed by atoms with E-state index in [1.54, 1.807) is 0 Å². The average molecular weight is 295 g/mol. The van der Waals surface area contributed by atoms with E-state index >= 15 is 0 Å². The minimum atomic E-state index is 0.373. The molecule has 0 atom stereocenters. The highest BCUT2D eigenvalue weighted by molar-refractivity contribution is 9.10. The number of pyridine rings is 1. The summed E-state index contributed by atoms with van der Waals surface area (Å²) in [6.45, 7) is 0. The third kappa shape index (κ3) is 2.21. The van der Waals surface area contributed by atoms with Crippen LogP contribution in [0.1, 0.15) is 37.4 Å². The second-order valence-corrected chi connectivity index (χ2v) is 5.65. The lowest BCUT2D eigenvalue weighted by molar-refractivity contribution is 0.385. The van der Waals surface area contributed by atoms with E-state index < -0.39 is 0 Å². The summed E-state index contributed by atoms with van der Waals surface area (Å²) in [5, 5.41) is 4.56. The van der Waals surface area contributed by atoms with Gasteiger partial charge >= 0.3 is 0 Å². The normalized spacial score (nSPS) is 25.3. The molecule has 17 heavy (non-hydrogen) atoms. The first kappa shape index (κ1) is 11.2. The van der Waals surface area contributed by atoms with Crippen LogP contribution in [0.4, 0.5) is 0 Å². The van der Waals surface area contributed by atoms with E-state index in [4.69, 9.17) is 5.73 Å². The molecule has 90 valence electrons. The third-order valence-corrected chi connectivity index (χ3v) is 3.92. The van der Waals surface area contributed by atoms with Crippen LogP contribution in [0.15, 0.2) is 22.8 Å². The molecule has 1 fully saturated rings. The van der Waals surface area contributed by atoms with Gasteiger partial charge in [-0.15, -0.1) is 0 Å². The zero-order valence-electron chi connectivity index (χ0n) is 9.51. The number of nitrogens with two attached hydrogens (primary N) is 1. The van der Waals surface area contributed by atoms with Crippen LogP contribution in [0, 0.1) is 0 Å². The standard InChI is InChI=1S/C12H15BrN4/c13-9-3-6-11-15-12(16-17(11)7-9)8-1-4-10(14)5-2-8/h3,6-8,10H,1-2,4-5,14H2. The van der Waals surface area contributed by atoms with Crippen LogP contribution in [-0.2, 0) is 0 Å². The summed E-state index contributed by atoms with van der Waals surface area (Å²) in [4.78, 5) is 4.59. The molecule has 2 heterocycles. The summed E-state index contributed by atoms with van der Waals surface area (Å²) in [5.74, 6) is 1.45. The van der Waals surface area contributed by atoms with Gasteiger partial charge in [0.1, 0.15) is 0 Å². The number of nitrogens with zero attached hydrogens (tertiary/aromatic N) is 3. The van der Waals surface area contributed by atoms with Gasteiger partial charge in [-0.05, 0) is 53.7 Å². The van der Waals surface area contributed by atoms with Gasteiger partial charge in [0, 0.05) is 22.6 Å². The van der Waals surface area contributed by atoms with Crippen molar-refractivity contribution in [3.8, 4) is 0 Å². The first-order valence-corrected chi connectivity index (χ1v) is 6.79. The Bertz CT molecular complexity index is 528. The molecule has 2 aromatic heterocycles. The van der Waals surface area contributed by atoms with E-state index in [0.29, 0.717) is 12.0 Å². The summed E-state index contributed by atoms with van der Waals surface area (Å²) in [6, 6.07) is 4.34. The Labute approximate surface area is 108 Å². The monoisotopic (exact) mass is 294 g/mol. The van der Waals surface area contributed by atoms with Crippen LogP contribution >= 0.6 is 15.9 Å². The van der Waals surface area contributed by atoms with E-state index in [0.717, 1.165) is 41.6 Å². The number of rotatable bonds is 1. The lowest BCUT2D eigenvalue weighted by Crippen LogP contribution is -2.26. The van der Waals surface area contributed by atoms with Gasteiger partial charge in [0.2, 0.25) is 0 Å². The Hall–Kier alpha value is -0.940. The summed E-state index contributed by atoms with van der Waals surface area (Å²) in [7, 11) is 0. The van der Waals surface area contributed by atoms with Crippen LogP contribution in [-0.4, -0.2) is 20.6 Å². The third-order valence-electron chi connectivity index (χ3n) is 3.45. The fourth-order valence-electron chi connectivity index (χ4n) is 2.43. The Morgan fingerprint density at radius 2 is 2.00 bits per heavy atom. The Kier molecular flexibility index (Phi) is 2.88. The highest BCUT2D eigenvalue weighted by Crippen LogP contribution is 2.30. The molecule has 0 bridgehead atoms. The molecule has 0 spiro atoms. The molecule has 0 aromatic carbocycles. The highest BCUT2D eigenvalue weighted by atomic mass is 79.9. The van der Waals surface area contributed by atoms with Crippen LogP contribution in [0.25, 0.3) is 5.65 Å². The van der Waals surface area contributed by atoms with E-state index in [-0.39, 0.29) is 0 Å². The Balaban J connectivity index is 1.90. The maximum absolute atomic E-state index is 5.92.